The van der Waals surface area contributed by atoms with Gasteiger partial charge >= 0.3 is 0 Å². The number of aromatic nitrogens is 1. The van der Waals surface area contributed by atoms with Crippen molar-refractivity contribution < 1.29 is 4.74 Å². The Morgan fingerprint density at radius 2 is 2.28 bits per heavy atom. The minimum atomic E-state index is 0.339. The van der Waals surface area contributed by atoms with Gasteiger partial charge in [0.1, 0.15) is 10.8 Å². The van der Waals surface area contributed by atoms with Crippen molar-refractivity contribution in [2.75, 3.05) is 13.7 Å². The minimum absolute atomic E-state index is 0.339. The van der Waals surface area contributed by atoms with E-state index in [2.05, 4.69) is 23.3 Å². The summed E-state index contributed by atoms with van der Waals surface area (Å²) >= 11 is 1.72. The third-order valence-electron chi connectivity index (χ3n) is 2.78. The van der Waals surface area contributed by atoms with Gasteiger partial charge in [0.15, 0.2) is 0 Å². The lowest BCUT2D eigenvalue weighted by Gasteiger charge is -2.05. The average Bonchev–Trinajstić information content (AvgIpc) is 2.88. The molecule has 96 valence electrons. The number of hydrogen-bond donors (Lipinski definition) is 1. The molecule has 3 nitrogen and oxygen atoms in total. The third kappa shape index (κ3) is 2.89. The molecule has 0 aliphatic carbocycles. The molecule has 0 radical (unpaired) electrons. The van der Waals surface area contributed by atoms with Gasteiger partial charge in [0, 0.05) is 22.7 Å². The van der Waals surface area contributed by atoms with E-state index < -0.39 is 0 Å². The van der Waals surface area contributed by atoms with Crippen molar-refractivity contribution in [1.29, 1.82) is 0 Å². The molecule has 1 aromatic carbocycles. The summed E-state index contributed by atoms with van der Waals surface area (Å²) in [4.78, 5) is 5.72. The molecule has 0 aliphatic rings. The zero-order valence-electron chi connectivity index (χ0n) is 10.9. The van der Waals surface area contributed by atoms with Crippen molar-refractivity contribution in [3.63, 3.8) is 0 Å². The van der Waals surface area contributed by atoms with Crippen LogP contribution in [0.1, 0.15) is 24.8 Å². The molecule has 4 heteroatoms. The molecule has 0 spiro atoms. The first kappa shape index (κ1) is 13.1. The summed E-state index contributed by atoms with van der Waals surface area (Å²) in [5.41, 5.74) is 1.11. The third-order valence-corrected chi connectivity index (χ3v) is 4.00. The van der Waals surface area contributed by atoms with Gasteiger partial charge in [-0.3, -0.25) is 0 Å². The van der Waals surface area contributed by atoms with Crippen LogP contribution in [0.15, 0.2) is 30.5 Å². The van der Waals surface area contributed by atoms with Gasteiger partial charge in [-0.05, 0) is 33.0 Å². The van der Waals surface area contributed by atoms with Crippen molar-refractivity contribution in [3.8, 4) is 16.3 Å². The first-order chi connectivity index (χ1) is 8.74. The van der Waals surface area contributed by atoms with E-state index in [1.54, 1.807) is 11.3 Å². The largest absolute Gasteiger partial charge is 0.494 e. The number of nitrogens with one attached hydrogen (secondary N) is 1. The molecule has 0 saturated carbocycles. The lowest BCUT2D eigenvalue weighted by molar-refractivity contribution is 0.340. The number of thiazole rings is 1. The standard InChI is InChI=1S/C14H18N2OS/c1-4-17-12-7-5-6-11(8-12)14-16-9-13(18-14)10(2)15-3/h5-10,15H,4H2,1-3H3. The molecule has 1 N–H and O–H groups in total. The Kier molecular flexibility index (Phi) is 4.33. The number of nitrogens with zero attached hydrogens (tertiary/aromatic N) is 1. The van der Waals surface area contributed by atoms with E-state index >= 15 is 0 Å². The first-order valence-electron chi connectivity index (χ1n) is 6.10. The summed E-state index contributed by atoms with van der Waals surface area (Å²) in [7, 11) is 1.96. The van der Waals surface area contributed by atoms with Crippen LogP contribution in [0.3, 0.4) is 0 Å². The molecule has 0 bridgehead atoms. The molecule has 1 atom stereocenters. The molecule has 2 aromatic rings. The summed E-state index contributed by atoms with van der Waals surface area (Å²) in [5, 5.41) is 4.26. The number of rotatable bonds is 5. The van der Waals surface area contributed by atoms with Crippen LogP contribution in [0.25, 0.3) is 10.6 Å². The van der Waals surface area contributed by atoms with Crippen LogP contribution in [0.2, 0.25) is 0 Å². The van der Waals surface area contributed by atoms with Gasteiger partial charge in [-0.1, -0.05) is 12.1 Å². The zero-order valence-corrected chi connectivity index (χ0v) is 11.8. The molecule has 0 fully saturated rings. The van der Waals surface area contributed by atoms with Crippen LogP contribution >= 0.6 is 11.3 Å². The molecule has 1 heterocycles. The van der Waals surface area contributed by atoms with Gasteiger partial charge < -0.3 is 10.1 Å². The van der Waals surface area contributed by atoms with Crippen molar-refractivity contribution in [3.05, 3.63) is 35.3 Å². The number of benzene rings is 1. The molecular formula is C14H18N2OS. The Labute approximate surface area is 112 Å². The van der Waals surface area contributed by atoms with Crippen LogP contribution in [-0.4, -0.2) is 18.6 Å². The summed E-state index contributed by atoms with van der Waals surface area (Å²) in [6.45, 7) is 4.81. The quantitative estimate of drug-likeness (QED) is 0.895. The number of ether oxygens (including phenoxy) is 1. The second-order valence-electron chi connectivity index (χ2n) is 4.04. The smallest absolute Gasteiger partial charge is 0.123 e. The number of hydrogen-bond acceptors (Lipinski definition) is 4. The predicted octanol–water partition coefficient (Wildman–Crippen LogP) is 3.49. The van der Waals surface area contributed by atoms with E-state index in [1.807, 2.05) is 38.4 Å². The summed E-state index contributed by atoms with van der Waals surface area (Å²) in [6.07, 6.45) is 1.94. The van der Waals surface area contributed by atoms with Crippen LogP contribution < -0.4 is 10.1 Å². The highest BCUT2D eigenvalue weighted by atomic mass is 32.1. The van der Waals surface area contributed by atoms with Gasteiger partial charge in [-0.25, -0.2) is 4.98 Å². The van der Waals surface area contributed by atoms with E-state index in [0.29, 0.717) is 12.6 Å². The van der Waals surface area contributed by atoms with E-state index in [9.17, 15) is 0 Å². The van der Waals surface area contributed by atoms with Gasteiger partial charge in [0.25, 0.3) is 0 Å². The van der Waals surface area contributed by atoms with Crippen LogP contribution in [0, 0.1) is 0 Å². The van der Waals surface area contributed by atoms with Gasteiger partial charge in [0.2, 0.25) is 0 Å². The Morgan fingerprint density at radius 1 is 1.44 bits per heavy atom. The minimum Gasteiger partial charge on any atom is -0.494 e. The summed E-state index contributed by atoms with van der Waals surface area (Å²) in [5.74, 6) is 0.897. The fourth-order valence-corrected chi connectivity index (χ4v) is 2.62. The average molecular weight is 262 g/mol. The molecule has 0 amide bonds. The Morgan fingerprint density at radius 3 is 3.00 bits per heavy atom. The summed E-state index contributed by atoms with van der Waals surface area (Å²) in [6, 6.07) is 8.41. The predicted molar refractivity (Wildman–Crippen MR) is 76.2 cm³/mol. The maximum absolute atomic E-state index is 5.51. The van der Waals surface area contributed by atoms with Crippen LogP contribution in [0.4, 0.5) is 0 Å². The highest BCUT2D eigenvalue weighted by Gasteiger charge is 2.09. The maximum Gasteiger partial charge on any atom is 0.123 e. The molecule has 0 aliphatic heterocycles. The zero-order chi connectivity index (χ0) is 13.0. The Hall–Kier alpha value is -1.39. The van der Waals surface area contributed by atoms with E-state index in [-0.39, 0.29) is 0 Å². The highest BCUT2D eigenvalue weighted by molar-refractivity contribution is 7.15. The molecule has 18 heavy (non-hydrogen) atoms. The topological polar surface area (TPSA) is 34.1 Å². The SMILES string of the molecule is CCOc1cccc(-c2ncc(C(C)NC)s2)c1. The van der Waals surface area contributed by atoms with Gasteiger partial charge in [-0.15, -0.1) is 11.3 Å². The van der Waals surface area contributed by atoms with Crippen molar-refractivity contribution >= 4 is 11.3 Å². The lowest BCUT2D eigenvalue weighted by Crippen LogP contribution is -2.10. The molecule has 0 saturated heterocycles. The highest BCUT2D eigenvalue weighted by Crippen LogP contribution is 2.30. The van der Waals surface area contributed by atoms with Crippen molar-refractivity contribution in [1.82, 2.24) is 10.3 Å². The second-order valence-corrected chi connectivity index (χ2v) is 5.10. The second kappa shape index (κ2) is 5.98. The normalized spacial score (nSPS) is 12.4. The van der Waals surface area contributed by atoms with Crippen LogP contribution in [-0.2, 0) is 0 Å². The monoisotopic (exact) mass is 262 g/mol. The van der Waals surface area contributed by atoms with E-state index in [4.69, 9.17) is 4.74 Å². The fraction of sp³-hybridized carbons (Fsp3) is 0.357. The Balaban J connectivity index is 2.25. The molecular weight excluding hydrogens is 244 g/mol. The summed E-state index contributed by atoms with van der Waals surface area (Å²) < 4.78 is 5.51. The first-order valence-corrected chi connectivity index (χ1v) is 6.92. The van der Waals surface area contributed by atoms with Gasteiger partial charge in [0.05, 0.1) is 6.61 Å². The fourth-order valence-electron chi connectivity index (χ4n) is 1.65. The van der Waals surface area contributed by atoms with Crippen molar-refractivity contribution in [2.45, 2.75) is 19.9 Å². The molecule has 1 unspecified atom stereocenters. The van der Waals surface area contributed by atoms with E-state index in [1.165, 1.54) is 4.88 Å². The van der Waals surface area contributed by atoms with Crippen molar-refractivity contribution in [2.24, 2.45) is 0 Å². The van der Waals surface area contributed by atoms with E-state index in [0.717, 1.165) is 16.3 Å². The maximum atomic E-state index is 5.51. The lowest BCUT2D eigenvalue weighted by atomic mass is 10.2. The molecule has 2 rings (SSSR count). The Bertz CT molecular complexity index is 510. The van der Waals surface area contributed by atoms with Gasteiger partial charge in [-0.2, -0.15) is 0 Å². The van der Waals surface area contributed by atoms with Crippen LogP contribution in [0.5, 0.6) is 5.75 Å². The molecule has 1 aromatic heterocycles.